The van der Waals surface area contributed by atoms with Crippen LogP contribution in [0.4, 0.5) is 0 Å². The SMILES string of the molecule is C=CC1=C(O)N[C@H](CC2=C(C)/C(=C\CC(=O)O)C(Cc3[nH]c(/C=C4\NC(=O)[C@H](C)[C@H]4[C@@H](C)S)c(C)c3CCC(=O)O)N2)C1C. The van der Waals surface area contributed by atoms with Gasteiger partial charge in [-0.15, -0.1) is 0 Å². The van der Waals surface area contributed by atoms with Crippen LogP contribution in [0.3, 0.4) is 0 Å². The second kappa shape index (κ2) is 13.4. The molecule has 2 unspecified atom stereocenters. The summed E-state index contributed by atoms with van der Waals surface area (Å²) in [6.45, 7) is 13.6. The minimum absolute atomic E-state index is 0.0342. The molecule has 1 aromatic rings. The number of thiol groups is 1. The van der Waals surface area contributed by atoms with E-state index in [-0.39, 0.29) is 59.7 Å². The minimum Gasteiger partial charge on any atom is -0.495 e. The van der Waals surface area contributed by atoms with Crippen LogP contribution in [0, 0.1) is 24.7 Å². The van der Waals surface area contributed by atoms with Crippen LogP contribution in [0.25, 0.3) is 6.08 Å². The zero-order chi connectivity index (χ0) is 32.5. The van der Waals surface area contributed by atoms with Crippen molar-refractivity contribution in [2.45, 2.75) is 84.1 Å². The summed E-state index contributed by atoms with van der Waals surface area (Å²) in [4.78, 5) is 39.1. The number of carbonyl (C=O) groups is 3. The molecule has 6 atom stereocenters. The highest BCUT2D eigenvalue weighted by Gasteiger charge is 2.38. The molecule has 1 saturated heterocycles. The van der Waals surface area contributed by atoms with E-state index in [1.165, 1.54) is 0 Å². The number of allylic oxidation sites excluding steroid dienone is 2. The van der Waals surface area contributed by atoms with E-state index in [4.69, 9.17) is 0 Å². The van der Waals surface area contributed by atoms with Crippen molar-refractivity contribution in [3.05, 3.63) is 75.2 Å². The van der Waals surface area contributed by atoms with E-state index in [9.17, 15) is 29.7 Å². The molecule has 7 N–H and O–H groups in total. The van der Waals surface area contributed by atoms with Crippen molar-refractivity contribution >= 4 is 36.6 Å². The summed E-state index contributed by atoms with van der Waals surface area (Å²) in [5, 5.41) is 39.0. The van der Waals surface area contributed by atoms with Gasteiger partial charge >= 0.3 is 11.9 Å². The maximum Gasteiger partial charge on any atom is 0.307 e. The van der Waals surface area contributed by atoms with Gasteiger partial charge in [0, 0.05) is 76.7 Å². The van der Waals surface area contributed by atoms with Crippen LogP contribution in [0.15, 0.2) is 52.7 Å². The van der Waals surface area contributed by atoms with Gasteiger partial charge in [0.1, 0.15) is 0 Å². The van der Waals surface area contributed by atoms with E-state index in [2.05, 4.69) is 40.1 Å². The molecule has 4 rings (SSSR count). The summed E-state index contributed by atoms with van der Waals surface area (Å²) in [5.41, 5.74) is 7.80. The maximum atomic E-state index is 12.5. The van der Waals surface area contributed by atoms with E-state index in [1.54, 1.807) is 12.2 Å². The molecule has 0 spiro atoms. The Morgan fingerprint density at radius 1 is 1.09 bits per heavy atom. The Morgan fingerprint density at radius 3 is 2.39 bits per heavy atom. The molecule has 0 radical (unpaired) electrons. The predicted molar refractivity (Wildman–Crippen MR) is 173 cm³/mol. The molecule has 238 valence electrons. The van der Waals surface area contributed by atoms with Crippen LogP contribution in [0.5, 0.6) is 0 Å². The van der Waals surface area contributed by atoms with Crippen LogP contribution in [-0.4, -0.2) is 55.5 Å². The van der Waals surface area contributed by atoms with Crippen LogP contribution >= 0.6 is 12.6 Å². The van der Waals surface area contributed by atoms with Gasteiger partial charge in [0.2, 0.25) is 5.91 Å². The molecule has 3 aliphatic heterocycles. The third kappa shape index (κ3) is 6.77. The zero-order valence-corrected chi connectivity index (χ0v) is 26.8. The summed E-state index contributed by atoms with van der Waals surface area (Å²) >= 11 is 4.63. The van der Waals surface area contributed by atoms with Crippen LogP contribution in [0.2, 0.25) is 0 Å². The number of hydrogen-bond donors (Lipinski definition) is 8. The van der Waals surface area contributed by atoms with Gasteiger partial charge < -0.3 is 36.3 Å². The topological polar surface area (TPSA) is 164 Å². The lowest BCUT2D eigenvalue weighted by atomic mass is 9.91. The summed E-state index contributed by atoms with van der Waals surface area (Å²) in [6.07, 6.45) is 6.54. The lowest BCUT2D eigenvalue weighted by Crippen LogP contribution is -2.33. The van der Waals surface area contributed by atoms with E-state index < -0.39 is 11.9 Å². The Labute approximate surface area is 263 Å². The van der Waals surface area contributed by atoms with E-state index >= 15 is 0 Å². The van der Waals surface area contributed by atoms with E-state index in [0.29, 0.717) is 19.3 Å². The Balaban J connectivity index is 1.67. The Bertz CT molecular complexity index is 1480. The number of aliphatic hydroxyl groups is 1. The van der Waals surface area contributed by atoms with Crippen LogP contribution in [-0.2, 0) is 27.2 Å². The van der Waals surface area contributed by atoms with Gasteiger partial charge in [-0.2, -0.15) is 12.6 Å². The Morgan fingerprint density at radius 2 is 1.80 bits per heavy atom. The number of carbonyl (C=O) groups excluding carboxylic acids is 1. The number of aromatic nitrogens is 1. The fourth-order valence-electron chi connectivity index (χ4n) is 6.80. The molecule has 3 aliphatic rings. The highest BCUT2D eigenvalue weighted by atomic mass is 32.1. The van der Waals surface area contributed by atoms with Gasteiger partial charge in [-0.1, -0.05) is 39.5 Å². The fourth-order valence-corrected chi connectivity index (χ4v) is 7.21. The third-order valence-electron chi connectivity index (χ3n) is 9.34. The average molecular weight is 625 g/mol. The first-order valence-corrected chi connectivity index (χ1v) is 15.6. The second-order valence-electron chi connectivity index (χ2n) is 12.2. The van der Waals surface area contributed by atoms with Crippen molar-refractivity contribution in [1.29, 1.82) is 0 Å². The molecule has 0 saturated carbocycles. The molecule has 10 nitrogen and oxygen atoms in total. The summed E-state index contributed by atoms with van der Waals surface area (Å²) in [6, 6.07) is -0.316. The van der Waals surface area contributed by atoms with Crippen LogP contribution in [0.1, 0.15) is 69.5 Å². The monoisotopic (exact) mass is 624 g/mol. The molecule has 1 aromatic heterocycles. The maximum absolute atomic E-state index is 12.5. The number of H-pyrrole nitrogens is 1. The lowest BCUT2D eigenvalue weighted by molar-refractivity contribution is -0.137. The minimum atomic E-state index is -0.930. The molecule has 1 amide bonds. The van der Waals surface area contributed by atoms with E-state index in [1.807, 2.05) is 40.7 Å². The van der Waals surface area contributed by atoms with Gasteiger partial charge in [-0.3, -0.25) is 14.4 Å². The molecule has 4 heterocycles. The summed E-state index contributed by atoms with van der Waals surface area (Å²) in [5.74, 6) is -2.02. The standard InChI is InChI=1S/C33H44N4O6S/c1-7-20-15(2)25(36-33(20)43)12-23-16(3)21(8-10-29(38)39)26(34-23)14-27-22(9-11-30(40)41)17(4)24(35-27)13-28-31(19(6)44)18(5)32(42)37-28/h7-8,13,15,18-19,25-26,31,34-36,43-44H,1,9-12,14H2,2-6H3,(H,37,42)(H,38,39)(H,40,41)/b21-8+,28-13-/t15?,18-,19-,25-,26?,31+/m1/s1. The summed E-state index contributed by atoms with van der Waals surface area (Å²) < 4.78 is 0. The van der Waals surface area contributed by atoms with Crippen molar-refractivity contribution in [1.82, 2.24) is 20.9 Å². The second-order valence-corrected chi connectivity index (χ2v) is 13.0. The van der Waals surface area contributed by atoms with Gasteiger partial charge in [0.05, 0.1) is 12.5 Å². The number of carboxylic acids is 2. The number of nitrogens with one attached hydrogen (secondary N) is 4. The first-order valence-electron chi connectivity index (χ1n) is 15.1. The first-order chi connectivity index (χ1) is 20.7. The zero-order valence-electron chi connectivity index (χ0n) is 26.0. The summed E-state index contributed by atoms with van der Waals surface area (Å²) in [7, 11) is 0. The lowest BCUT2D eigenvalue weighted by Gasteiger charge is -2.20. The molecule has 0 bridgehead atoms. The first kappa shape index (κ1) is 33.0. The van der Waals surface area contributed by atoms with Gasteiger partial charge in [-0.25, -0.2) is 0 Å². The third-order valence-corrected chi connectivity index (χ3v) is 9.66. The molecular formula is C33H44N4O6S. The number of aliphatic carboxylic acids is 2. The molecule has 0 aliphatic carbocycles. The number of rotatable bonds is 12. The smallest absolute Gasteiger partial charge is 0.307 e. The molecule has 11 heteroatoms. The van der Waals surface area contributed by atoms with E-state index in [0.717, 1.165) is 50.6 Å². The van der Waals surface area contributed by atoms with Crippen molar-refractivity contribution < 1.29 is 29.7 Å². The molecule has 44 heavy (non-hydrogen) atoms. The normalized spacial score (nSPS) is 27.6. The van der Waals surface area contributed by atoms with Crippen molar-refractivity contribution in [3.8, 4) is 0 Å². The van der Waals surface area contributed by atoms with Gasteiger partial charge in [0.15, 0.2) is 5.88 Å². The molecular weight excluding hydrogens is 580 g/mol. The Kier molecular flexibility index (Phi) is 10.1. The van der Waals surface area contributed by atoms with Gasteiger partial charge in [0.25, 0.3) is 0 Å². The number of aromatic amines is 1. The molecule has 0 aromatic carbocycles. The highest BCUT2D eigenvalue weighted by Crippen LogP contribution is 2.37. The van der Waals surface area contributed by atoms with Crippen molar-refractivity contribution in [2.24, 2.45) is 17.8 Å². The van der Waals surface area contributed by atoms with Crippen LogP contribution < -0.4 is 16.0 Å². The fraction of sp³-hybridized carbons (Fsp3) is 0.485. The number of carboxylic acid groups (broad SMARTS) is 2. The van der Waals surface area contributed by atoms with Crippen molar-refractivity contribution in [2.75, 3.05) is 0 Å². The highest BCUT2D eigenvalue weighted by molar-refractivity contribution is 7.80. The Hall–Kier alpha value is -3.86. The predicted octanol–water partition coefficient (Wildman–Crippen LogP) is 4.52. The average Bonchev–Trinajstić information content (AvgIpc) is 3.59. The number of hydrogen-bond acceptors (Lipinski definition) is 7. The van der Waals surface area contributed by atoms with Crippen molar-refractivity contribution in [3.63, 3.8) is 0 Å². The number of aliphatic hydroxyl groups excluding tert-OH is 1. The number of amides is 1. The quantitative estimate of drug-likeness (QED) is 0.157. The molecule has 1 fully saturated rings. The van der Waals surface area contributed by atoms with Gasteiger partial charge in [-0.05, 0) is 48.6 Å². The largest absolute Gasteiger partial charge is 0.495 e.